The van der Waals surface area contributed by atoms with Gasteiger partial charge in [-0.05, 0) is 28.1 Å². The standard InChI is InChI=1S/C11H9BrClNO3/c12-8-3-1-2-7-9(8)14(5-6(15)4-13)11(17)10(7)16/h1-3,6,15H,4-5H2. The number of hydrogen-bond acceptors (Lipinski definition) is 3. The molecule has 1 atom stereocenters. The van der Waals surface area contributed by atoms with Crippen LogP contribution in [0.2, 0.25) is 0 Å². The van der Waals surface area contributed by atoms with Gasteiger partial charge in [0.15, 0.2) is 0 Å². The minimum Gasteiger partial charge on any atom is -0.390 e. The van der Waals surface area contributed by atoms with E-state index in [4.69, 9.17) is 11.6 Å². The molecule has 1 aliphatic heterocycles. The van der Waals surface area contributed by atoms with E-state index in [1.807, 2.05) is 0 Å². The van der Waals surface area contributed by atoms with Gasteiger partial charge in [0, 0.05) is 4.47 Å². The average molecular weight is 319 g/mol. The minimum absolute atomic E-state index is 0.0117. The second-order valence-electron chi connectivity index (χ2n) is 3.69. The first-order valence-corrected chi connectivity index (χ1v) is 6.27. The molecule has 0 aromatic heterocycles. The molecule has 1 heterocycles. The molecule has 0 fully saturated rings. The number of para-hydroxylation sites is 1. The number of aliphatic hydroxyl groups is 1. The number of alkyl halides is 1. The molecule has 1 aromatic carbocycles. The van der Waals surface area contributed by atoms with Gasteiger partial charge in [-0.1, -0.05) is 6.07 Å². The summed E-state index contributed by atoms with van der Waals surface area (Å²) in [4.78, 5) is 24.7. The Morgan fingerprint density at radius 3 is 2.76 bits per heavy atom. The van der Waals surface area contributed by atoms with Crippen LogP contribution >= 0.6 is 27.5 Å². The van der Waals surface area contributed by atoms with Crippen LogP contribution in [0.5, 0.6) is 0 Å². The molecule has 1 aromatic rings. The number of fused-ring (bicyclic) bond motifs is 1. The summed E-state index contributed by atoms with van der Waals surface area (Å²) in [5.41, 5.74) is 0.859. The molecule has 0 radical (unpaired) electrons. The maximum absolute atomic E-state index is 11.8. The predicted octanol–water partition coefficient (Wildman–Crippen LogP) is 1.58. The maximum Gasteiger partial charge on any atom is 0.299 e. The fourth-order valence-electron chi connectivity index (χ4n) is 1.75. The number of amides is 1. The van der Waals surface area contributed by atoms with Gasteiger partial charge in [-0.2, -0.15) is 0 Å². The quantitative estimate of drug-likeness (QED) is 0.680. The van der Waals surface area contributed by atoms with E-state index in [0.717, 1.165) is 0 Å². The highest BCUT2D eigenvalue weighted by Gasteiger charge is 2.37. The molecule has 0 aliphatic carbocycles. The number of halogens is 2. The Kier molecular flexibility index (Phi) is 3.51. The SMILES string of the molecule is O=C1C(=O)N(CC(O)CCl)c2c(Br)cccc21. The summed E-state index contributed by atoms with van der Waals surface area (Å²) in [7, 11) is 0. The molecule has 1 unspecified atom stereocenters. The predicted molar refractivity (Wildman–Crippen MR) is 67.6 cm³/mol. The number of β-amino-alcohol motifs (C(OH)–C–C–N with tert-alkyl or cyclic N) is 1. The highest BCUT2D eigenvalue weighted by atomic mass is 79.9. The van der Waals surface area contributed by atoms with E-state index in [9.17, 15) is 14.7 Å². The fraction of sp³-hybridized carbons (Fsp3) is 0.273. The number of anilines is 1. The average Bonchev–Trinajstić information content (AvgIpc) is 2.56. The van der Waals surface area contributed by atoms with Crippen LogP contribution in [0.1, 0.15) is 10.4 Å². The van der Waals surface area contributed by atoms with Gasteiger partial charge in [-0.25, -0.2) is 0 Å². The second-order valence-corrected chi connectivity index (χ2v) is 4.85. The number of rotatable bonds is 3. The van der Waals surface area contributed by atoms with E-state index in [1.165, 1.54) is 4.90 Å². The maximum atomic E-state index is 11.8. The van der Waals surface area contributed by atoms with Crippen LogP contribution in [0.3, 0.4) is 0 Å². The number of aliphatic hydroxyl groups excluding tert-OH is 1. The zero-order valence-electron chi connectivity index (χ0n) is 8.69. The summed E-state index contributed by atoms with van der Waals surface area (Å²) in [5, 5.41) is 9.49. The van der Waals surface area contributed by atoms with Gasteiger partial charge in [0.1, 0.15) is 0 Å². The third-order valence-corrected chi connectivity index (χ3v) is 3.51. The fourth-order valence-corrected chi connectivity index (χ4v) is 2.42. The van der Waals surface area contributed by atoms with Crippen molar-refractivity contribution in [3.05, 3.63) is 28.2 Å². The van der Waals surface area contributed by atoms with Crippen LogP contribution in [0, 0.1) is 0 Å². The number of carbonyl (C=O) groups is 2. The lowest BCUT2D eigenvalue weighted by Gasteiger charge is -2.20. The van der Waals surface area contributed by atoms with E-state index in [0.29, 0.717) is 15.7 Å². The molecule has 17 heavy (non-hydrogen) atoms. The summed E-state index contributed by atoms with van der Waals surface area (Å²) in [5.74, 6) is -1.17. The monoisotopic (exact) mass is 317 g/mol. The number of carbonyl (C=O) groups excluding carboxylic acids is 2. The van der Waals surface area contributed by atoms with Gasteiger partial charge in [0.2, 0.25) is 0 Å². The number of benzene rings is 1. The van der Waals surface area contributed by atoms with Crippen LogP contribution in [-0.2, 0) is 4.79 Å². The van der Waals surface area contributed by atoms with Crippen molar-refractivity contribution in [2.75, 3.05) is 17.3 Å². The van der Waals surface area contributed by atoms with Crippen LogP contribution < -0.4 is 4.90 Å². The molecule has 0 bridgehead atoms. The normalized spacial score (nSPS) is 16.3. The Labute approximate surface area is 111 Å². The van der Waals surface area contributed by atoms with Crippen molar-refractivity contribution in [1.29, 1.82) is 0 Å². The molecule has 6 heteroatoms. The lowest BCUT2D eigenvalue weighted by atomic mass is 10.1. The molecule has 4 nitrogen and oxygen atoms in total. The molecule has 0 saturated carbocycles. The molecule has 1 amide bonds. The third kappa shape index (κ3) is 2.10. The van der Waals surface area contributed by atoms with Gasteiger partial charge in [0.25, 0.3) is 11.7 Å². The van der Waals surface area contributed by atoms with Crippen LogP contribution in [-0.4, -0.2) is 35.3 Å². The molecule has 90 valence electrons. The Balaban J connectivity index is 2.43. The first kappa shape index (κ1) is 12.5. The third-order valence-electron chi connectivity index (χ3n) is 2.51. The van der Waals surface area contributed by atoms with E-state index >= 15 is 0 Å². The number of ketones is 1. The topological polar surface area (TPSA) is 57.6 Å². The van der Waals surface area contributed by atoms with Crippen molar-refractivity contribution >= 4 is 44.9 Å². The number of Topliss-reactive ketones (excluding diaryl/α,β-unsaturated/α-hetero) is 1. The zero-order valence-corrected chi connectivity index (χ0v) is 11.0. The summed E-state index contributed by atoms with van der Waals surface area (Å²) < 4.78 is 0.649. The number of nitrogens with zero attached hydrogens (tertiary/aromatic N) is 1. The van der Waals surface area contributed by atoms with Crippen LogP contribution in [0.4, 0.5) is 5.69 Å². The molecule has 1 aliphatic rings. The smallest absolute Gasteiger partial charge is 0.299 e. The molecule has 2 rings (SSSR count). The largest absolute Gasteiger partial charge is 0.390 e. The summed E-state index contributed by atoms with van der Waals surface area (Å²) >= 11 is 8.79. The zero-order chi connectivity index (χ0) is 12.6. The van der Waals surface area contributed by atoms with Gasteiger partial charge < -0.3 is 10.0 Å². The first-order valence-electron chi connectivity index (χ1n) is 4.95. The summed E-state index contributed by atoms with van der Waals surface area (Å²) in [6, 6.07) is 5.02. The van der Waals surface area contributed by atoms with Crippen molar-refractivity contribution in [1.82, 2.24) is 0 Å². The Bertz CT molecular complexity index is 492. The minimum atomic E-state index is -0.855. The van der Waals surface area contributed by atoms with E-state index in [1.54, 1.807) is 18.2 Å². The van der Waals surface area contributed by atoms with E-state index in [2.05, 4.69) is 15.9 Å². The van der Waals surface area contributed by atoms with Crippen molar-refractivity contribution in [2.45, 2.75) is 6.10 Å². The second kappa shape index (κ2) is 4.76. The van der Waals surface area contributed by atoms with Crippen LogP contribution in [0.15, 0.2) is 22.7 Å². The van der Waals surface area contributed by atoms with Gasteiger partial charge in [-0.3, -0.25) is 9.59 Å². The molecule has 0 spiro atoms. The van der Waals surface area contributed by atoms with E-state index in [-0.39, 0.29) is 12.4 Å². The van der Waals surface area contributed by atoms with Gasteiger partial charge in [-0.15, -0.1) is 11.6 Å². The van der Waals surface area contributed by atoms with E-state index < -0.39 is 17.8 Å². The Morgan fingerprint density at radius 1 is 1.41 bits per heavy atom. The van der Waals surface area contributed by atoms with Gasteiger partial charge in [0.05, 0.1) is 29.8 Å². The van der Waals surface area contributed by atoms with Crippen molar-refractivity contribution in [3.63, 3.8) is 0 Å². The highest BCUT2D eigenvalue weighted by Crippen LogP contribution is 2.35. The summed E-state index contributed by atoms with van der Waals surface area (Å²) in [6.07, 6.45) is -0.855. The molecule has 0 saturated heterocycles. The first-order chi connectivity index (χ1) is 8.06. The van der Waals surface area contributed by atoms with Gasteiger partial charge >= 0.3 is 0 Å². The summed E-state index contributed by atoms with van der Waals surface area (Å²) in [6.45, 7) is 0.0175. The lowest BCUT2D eigenvalue weighted by Crippen LogP contribution is -2.37. The highest BCUT2D eigenvalue weighted by molar-refractivity contribution is 9.10. The molecular weight excluding hydrogens is 309 g/mol. The Hall–Kier alpha value is -0.910. The van der Waals surface area contributed by atoms with Crippen LogP contribution in [0.25, 0.3) is 0 Å². The lowest BCUT2D eigenvalue weighted by molar-refractivity contribution is -0.114. The number of hydrogen-bond donors (Lipinski definition) is 1. The Morgan fingerprint density at radius 2 is 2.12 bits per heavy atom. The molecule has 1 N–H and O–H groups in total. The van der Waals surface area contributed by atoms with Crippen molar-refractivity contribution in [3.8, 4) is 0 Å². The molecular formula is C11H9BrClNO3. The van der Waals surface area contributed by atoms with Crippen molar-refractivity contribution < 1.29 is 14.7 Å². The van der Waals surface area contributed by atoms with Crippen molar-refractivity contribution in [2.24, 2.45) is 0 Å².